The van der Waals surface area contributed by atoms with Crippen LogP contribution in [0.25, 0.3) is 0 Å². The van der Waals surface area contributed by atoms with Crippen molar-refractivity contribution in [3.63, 3.8) is 0 Å². The third-order valence-corrected chi connectivity index (χ3v) is 5.91. The highest BCUT2D eigenvalue weighted by atomic mass is 19.2. The Bertz CT molecular complexity index is 861. The maximum Gasteiger partial charge on any atom is 0.200 e. The second kappa shape index (κ2) is 10.2. The summed E-state index contributed by atoms with van der Waals surface area (Å²) in [5.41, 5.74) is 0.742. The average molecular weight is 424 g/mol. The zero-order valence-corrected chi connectivity index (χ0v) is 17.4. The van der Waals surface area contributed by atoms with Gasteiger partial charge < -0.3 is 9.47 Å². The normalized spacial score (nSPS) is 19.0. The summed E-state index contributed by atoms with van der Waals surface area (Å²) in [6, 6.07) is 6.16. The van der Waals surface area contributed by atoms with Gasteiger partial charge in [-0.05, 0) is 87.5 Å². The van der Waals surface area contributed by atoms with E-state index in [9.17, 15) is 17.6 Å². The molecule has 0 saturated heterocycles. The second-order valence-electron chi connectivity index (χ2n) is 7.75. The molecule has 1 aliphatic carbocycles. The van der Waals surface area contributed by atoms with Gasteiger partial charge in [-0.3, -0.25) is 0 Å². The lowest BCUT2D eigenvalue weighted by atomic mass is 9.76. The van der Waals surface area contributed by atoms with E-state index in [1.54, 1.807) is 26.0 Å². The molecule has 1 aliphatic rings. The van der Waals surface area contributed by atoms with E-state index < -0.39 is 23.3 Å². The summed E-state index contributed by atoms with van der Waals surface area (Å²) in [7, 11) is 0. The van der Waals surface area contributed by atoms with Crippen LogP contribution in [0.15, 0.2) is 24.3 Å². The first kappa shape index (κ1) is 22.4. The Hall–Kier alpha value is -2.24. The number of ether oxygens (including phenoxy) is 2. The van der Waals surface area contributed by atoms with Gasteiger partial charge in [0.2, 0.25) is 11.6 Å². The molecule has 0 aromatic heterocycles. The van der Waals surface area contributed by atoms with E-state index in [2.05, 4.69) is 0 Å². The van der Waals surface area contributed by atoms with E-state index in [0.29, 0.717) is 23.5 Å². The van der Waals surface area contributed by atoms with E-state index in [1.165, 1.54) is 12.1 Å². The molecule has 1 fully saturated rings. The van der Waals surface area contributed by atoms with Crippen LogP contribution in [0.1, 0.15) is 63.0 Å². The SMILES string of the molecule is CCOc1ccc(CCC2CCC(c3ccc(OCC)c(F)c3F)CC2)c(F)c1F. The number of hydrogen-bond donors (Lipinski definition) is 0. The standard InChI is InChI=1S/C24H28F4O2/c1-3-29-19-13-11-17(21(25)23(19)27)10-7-15-5-8-16(9-6-15)18-12-14-20(30-4-2)24(28)22(18)26/h11-16H,3-10H2,1-2H3. The van der Waals surface area contributed by atoms with Gasteiger partial charge in [-0.15, -0.1) is 0 Å². The summed E-state index contributed by atoms with van der Waals surface area (Å²) < 4.78 is 67.1. The highest BCUT2D eigenvalue weighted by Gasteiger charge is 2.27. The molecule has 0 N–H and O–H groups in total. The van der Waals surface area contributed by atoms with Crippen molar-refractivity contribution in [3.8, 4) is 11.5 Å². The quantitative estimate of drug-likeness (QED) is 0.427. The number of hydrogen-bond acceptors (Lipinski definition) is 2. The molecule has 0 amide bonds. The molecule has 0 bridgehead atoms. The number of halogens is 4. The van der Waals surface area contributed by atoms with Gasteiger partial charge in [0.25, 0.3) is 0 Å². The predicted molar refractivity (Wildman–Crippen MR) is 108 cm³/mol. The second-order valence-corrected chi connectivity index (χ2v) is 7.75. The van der Waals surface area contributed by atoms with Gasteiger partial charge in [0.05, 0.1) is 13.2 Å². The fourth-order valence-corrected chi connectivity index (χ4v) is 4.28. The van der Waals surface area contributed by atoms with Crippen LogP contribution >= 0.6 is 0 Å². The van der Waals surface area contributed by atoms with Crippen LogP contribution in [0, 0.1) is 29.2 Å². The smallest absolute Gasteiger partial charge is 0.200 e. The maximum absolute atomic E-state index is 14.5. The van der Waals surface area contributed by atoms with Gasteiger partial charge in [0, 0.05) is 0 Å². The topological polar surface area (TPSA) is 18.5 Å². The minimum Gasteiger partial charge on any atom is -0.491 e. The fraction of sp³-hybridized carbons (Fsp3) is 0.500. The van der Waals surface area contributed by atoms with Crippen LogP contribution in [0.2, 0.25) is 0 Å². The molecule has 30 heavy (non-hydrogen) atoms. The van der Waals surface area contributed by atoms with Gasteiger partial charge in [0.15, 0.2) is 23.1 Å². The zero-order valence-electron chi connectivity index (χ0n) is 17.4. The minimum atomic E-state index is -0.939. The Morgan fingerprint density at radius 1 is 0.733 bits per heavy atom. The first-order valence-electron chi connectivity index (χ1n) is 10.7. The van der Waals surface area contributed by atoms with Gasteiger partial charge in [0.1, 0.15) is 0 Å². The summed E-state index contributed by atoms with van der Waals surface area (Å²) in [5, 5.41) is 0. The van der Waals surface area contributed by atoms with Crippen molar-refractivity contribution in [1.82, 2.24) is 0 Å². The molecule has 6 heteroatoms. The Morgan fingerprint density at radius 2 is 1.30 bits per heavy atom. The summed E-state index contributed by atoms with van der Waals surface area (Å²) in [6.45, 7) is 3.99. The molecular weight excluding hydrogens is 396 g/mol. The molecule has 2 nitrogen and oxygen atoms in total. The van der Waals surface area contributed by atoms with Crippen molar-refractivity contribution in [2.75, 3.05) is 13.2 Å². The monoisotopic (exact) mass is 424 g/mol. The highest BCUT2D eigenvalue weighted by Crippen LogP contribution is 2.40. The van der Waals surface area contributed by atoms with E-state index in [4.69, 9.17) is 9.47 Å². The molecule has 1 saturated carbocycles. The van der Waals surface area contributed by atoms with Crippen LogP contribution in [0.5, 0.6) is 11.5 Å². The van der Waals surface area contributed by atoms with Crippen LogP contribution in [0.3, 0.4) is 0 Å². The molecule has 0 heterocycles. The molecule has 0 unspecified atom stereocenters. The molecule has 0 radical (unpaired) electrons. The van der Waals surface area contributed by atoms with Gasteiger partial charge in [-0.1, -0.05) is 12.1 Å². The van der Waals surface area contributed by atoms with E-state index >= 15 is 0 Å². The Labute approximate surface area is 175 Å². The summed E-state index contributed by atoms with van der Waals surface area (Å²) in [4.78, 5) is 0. The molecule has 2 aromatic carbocycles. The molecule has 0 spiro atoms. The van der Waals surface area contributed by atoms with E-state index in [0.717, 1.165) is 32.1 Å². The van der Waals surface area contributed by atoms with Gasteiger partial charge >= 0.3 is 0 Å². The summed E-state index contributed by atoms with van der Waals surface area (Å²) >= 11 is 0. The van der Waals surface area contributed by atoms with Crippen molar-refractivity contribution < 1.29 is 27.0 Å². The Kier molecular flexibility index (Phi) is 7.62. The molecule has 3 rings (SSSR count). The van der Waals surface area contributed by atoms with E-state index in [1.807, 2.05) is 0 Å². The minimum absolute atomic E-state index is 0.0360. The van der Waals surface area contributed by atoms with Crippen LogP contribution in [-0.2, 0) is 6.42 Å². The Balaban J connectivity index is 1.57. The van der Waals surface area contributed by atoms with Gasteiger partial charge in [-0.2, -0.15) is 8.78 Å². The molecule has 0 atom stereocenters. The molecule has 2 aromatic rings. The summed E-state index contributed by atoms with van der Waals surface area (Å²) in [6.07, 6.45) is 4.36. The first-order valence-corrected chi connectivity index (χ1v) is 10.7. The third-order valence-electron chi connectivity index (χ3n) is 5.91. The van der Waals surface area contributed by atoms with Crippen LogP contribution in [0.4, 0.5) is 17.6 Å². The number of rotatable bonds is 8. The van der Waals surface area contributed by atoms with Gasteiger partial charge in [-0.25, -0.2) is 8.78 Å². The van der Waals surface area contributed by atoms with Crippen LogP contribution < -0.4 is 9.47 Å². The van der Waals surface area contributed by atoms with Crippen molar-refractivity contribution in [3.05, 3.63) is 58.7 Å². The predicted octanol–water partition coefficient (Wildman–Crippen LogP) is 6.95. The van der Waals surface area contributed by atoms with E-state index in [-0.39, 0.29) is 30.6 Å². The fourth-order valence-electron chi connectivity index (χ4n) is 4.28. The van der Waals surface area contributed by atoms with Crippen LogP contribution in [-0.4, -0.2) is 13.2 Å². The van der Waals surface area contributed by atoms with Crippen molar-refractivity contribution in [2.24, 2.45) is 5.92 Å². The largest absolute Gasteiger partial charge is 0.491 e. The molecule has 0 aliphatic heterocycles. The lowest BCUT2D eigenvalue weighted by molar-refractivity contribution is 0.295. The summed E-state index contributed by atoms with van der Waals surface area (Å²) in [5.74, 6) is -3.34. The lowest BCUT2D eigenvalue weighted by Gasteiger charge is -2.29. The maximum atomic E-state index is 14.5. The number of aryl methyl sites for hydroxylation is 1. The first-order chi connectivity index (χ1) is 14.5. The van der Waals surface area contributed by atoms with Crippen molar-refractivity contribution in [2.45, 2.75) is 58.3 Å². The number of benzene rings is 2. The third kappa shape index (κ3) is 4.90. The molecular formula is C24H28F4O2. The lowest BCUT2D eigenvalue weighted by Crippen LogP contribution is -2.16. The van der Waals surface area contributed by atoms with Crippen molar-refractivity contribution >= 4 is 0 Å². The zero-order chi connectivity index (χ0) is 21.7. The Morgan fingerprint density at radius 3 is 1.90 bits per heavy atom. The highest BCUT2D eigenvalue weighted by molar-refractivity contribution is 5.33. The van der Waals surface area contributed by atoms with Crippen molar-refractivity contribution in [1.29, 1.82) is 0 Å². The molecule has 164 valence electrons. The average Bonchev–Trinajstić information content (AvgIpc) is 2.75.